The molecule has 41 heavy (non-hydrogen) atoms. The first kappa shape index (κ1) is 26.5. The smallest absolute Gasteiger partial charge is 0.320 e. The van der Waals surface area contributed by atoms with Crippen molar-refractivity contribution >= 4 is 32.3 Å². The largest absolute Gasteiger partial charge is 0.508 e. The Morgan fingerprint density at radius 2 is 1.39 bits per heavy atom. The van der Waals surface area contributed by atoms with Crippen LogP contribution in [0.15, 0.2) is 84.9 Å². The number of nitrogens with zero attached hydrogens (tertiary/aromatic N) is 3. The van der Waals surface area contributed by atoms with E-state index in [-0.39, 0.29) is 23.3 Å². The second-order valence-corrected chi connectivity index (χ2v) is 10.5. The maximum atomic E-state index is 10.7. The van der Waals surface area contributed by atoms with Gasteiger partial charge in [0.15, 0.2) is 11.6 Å². The average Bonchev–Trinajstić information content (AvgIpc) is 3.00. The molecule has 0 bridgehead atoms. The van der Waals surface area contributed by atoms with E-state index in [1.54, 1.807) is 6.07 Å². The maximum Gasteiger partial charge on any atom is 0.320 e. The zero-order valence-electron chi connectivity index (χ0n) is 23.3. The molecule has 1 atom stereocenters. The third kappa shape index (κ3) is 5.25. The number of phenolic OH excluding ortho intramolecular Hbond substituents is 2. The molecule has 0 aliphatic rings. The Balaban J connectivity index is 1.56. The average molecular weight is 544 g/mol. The standard InChI is InChI=1S/C35H33N3O3/c1-3-5-10-22(4-2)21-41-35-37-33(29-18-16-24(39)19-32(29)40)36-34(38-35)31-20-30-25-12-7-6-11-23(25)15-17-28(30)26-13-8-9-14-27(26)31/h6-9,11-20,22,39-40H,3-5,10,21H2,1-2H3. The summed E-state index contributed by atoms with van der Waals surface area (Å²) in [6.07, 6.45) is 4.37. The molecule has 1 unspecified atom stereocenters. The number of aromatic hydroxyl groups is 2. The van der Waals surface area contributed by atoms with Crippen molar-refractivity contribution in [3.63, 3.8) is 0 Å². The number of fused-ring (bicyclic) bond motifs is 5. The van der Waals surface area contributed by atoms with Crippen LogP contribution in [0.1, 0.15) is 39.5 Å². The predicted octanol–water partition coefficient (Wildman–Crippen LogP) is 8.67. The Bertz CT molecular complexity index is 1870. The highest BCUT2D eigenvalue weighted by atomic mass is 16.5. The summed E-state index contributed by atoms with van der Waals surface area (Å²) in [6.45, 7) is 4.87. The number of hydrogen-bond donors (Lipinski definition) is 2. The van der Waals surface area contributed by atoms with Gasteiger partial charge in [0, 0.05) is 11.6 Å². The van der Waals surface area contributed by atoms with Crippen LogP contribution in [-0.2, 0) is 0 Å². The lowest BCUT2D eigenvalue weighted by atomic mass is 9.93. The van der Waals surface area contributed by atoms with E-state index in [0.29, 0.717) is 23.9 Å². The fraction of sp³-hybridized carbons (Fsp3) is 0.229. The molecule has 0 spiro atoms. The Kier molecular flexibility index (Phi) is 7.38. The molecule has 0 amide bonds. The van der Waals surface area contributed by atoms with Crippen molar-refractivity contribution in [2.75, 3.05) is 6.61 Å². The van der Waals surface area contributed by atoms with Crippen LogP contribution in [0.3, 0.4) is 0 Å². The van der Waals surface area contributed by atoms with E-state index in [1.165, 1.54) is 12.1 Å². The molecule has 206 valence electrons. The summed E-state index contributed by atoms with van der Waals surface area (Å²) in [6, 6.07) is 27.7. The summed E-state index contributed by atoms with van der Waals surface area (Å²) in [5.74, 6) is 0.993. The number of hydrogen-bond acceptors (Lipinski definition) is 6. The van der Waals surface area contributed by atoms with Crippen LogP contribution in [-0.4, -0.2) is 31.8 Å². The first-order valence-corrected chi connectivity index (χ1v) is 14.3. The second kappa shape index (κ2) is 11.4. The van der Waals surface area contributed by atoms with Gasteiger partial charge in [-0.05, 0) is 62.9 Å². The van der Waals surface area contributed by atoms with Crippen LogP contribution in [0.4, 0.5) is 0 Å². The van der Waals surface area contributed by atoms with Crippen LogP contribution >= 0.6 is 0 Å². The number of ether oxygens (including phenoxy) is 1. The number of aromatic nitrogens is 3. The van der Waals surface area contributed by atoms with E-state index in [4.69, 9.17) is 14.7 Å². The van der Waals surface area contributed by atoms with Crippen molar-refractivity contribution in [1.82, 2.24) is 15.0 Å². The molecule has 2 N–H and O–H groups in total. The van der Waals surface area contributed by atoms with E-state index in [2.05, 4.69) is 67.4 Å². The summed E-state index contributed by atoms with van der Waals surface area (Å²) >= 11 is 0. The van der Waals surface area contributed by atoms with Crippen LogP contribution in [0.5, 0.6) is 17.5 Å². The minimum Gasteiger partial charge on any atom is -0.508 e. The normalized spacial score (nSPS) is 12.2. The van der Waals surface area contributed by atoms with E-state index >= 15 is 0 Å². The summed E-state index contributed by atoms with van der Waals surface area (Å²) in [7, 11) is 0. The molecular weight excluding hydrogens is 510 g/mol. The van der Waals surface area contributed by atoms with Gasteiger partial charge in [-0.2, -0.15) is 9.97 Å². The van der Waals surface area contributed by atoms with Gasteiger partial charge in [-0.3, -0.25) is 0 Å². The van der Waals surface area contributed by atoms with Gasteiger partial charge in [0.05, 0.1) is 12.2 Å². The monoisotopic (exact) mass is 543 g/mol. The van der Waals surface area contributed by atoms with Crippen LogP contribution in [0.25, 0.3) is 55.1 Å². The van der Waals surface area contributed by atoms with Gasteiger partial charge in [0.25, 0.3) is 0 Å². The highest BCUT2D eigenvalue weighted by Crippen LogP contribution is 2.38. The van der Waals surface area contributed by atoms with Crippen molar-refractivity contribution in [2.24, 2.45) is 5.92 Å². The van der Waals surface area contributed by atoms with Crippen LogP contribution in [0, 0.1) is 5.92 Å². The highest BCUT2D eigenvalue weighted by molar-refractivity contribution is 6.20. The molecule has 6 aromatic rings. The van der Waals surface area contributed by atoms with E-state index < -0.39 is 0 Å². The van der Waals surface area contributed by atoms with Gasteiger partial charge in [-0.1, -0.05) is 93.8 Å². The molecule has 6 heteroatoms. The molecule has 1 heterocycles. The van der Waals surface area contributed by atoms with Crippen LogP contribution in [0.2, 0.25) is 0 Å². The zero-order chi connectivity index (χ0) is 28.3. The van der Waals surface area contributed by atoms with Gasteiger partial charge >= 0.3 is 6.01 Å². The van der Waals surface area contributed by atoms with Gasteiger partial charge in [-0.25, -0.2) is 4.98 Å². The van der Waals surface area contributed by atoms with Crippen LogP contribution < -0.4 is 4.74 Å². The maximum absolute atomic E-state index is 10.7. The lowest BCUT2D eigenvalue weighted by Gasteiger charge is -2.16. The molecule has 5 aromatic carbocycles. The van der Waals surface area contributed by atoms with Crippen molar-refractivity contribution in [2.45, 2.75) is 39.5 Å². The fourth-order valence-corrected chi connectivity index (χ4v) is 5.51. The summed E-state index contributed by atoms with van der Waals surface area (Å²) in [5.41, 5.74) is 1.25. The Morgan fingerprint density at radius 1 is 0.683 bits per heavy atom. The molecule has 6 rings (SSSR count). The lowest BCUT2D eigenvalue weighted by molar-refractivity contribution is 0.217. The van der Waals surface area contributed by atoms with E-state index in [0.717, 1.165) is 63.6 Å². The molecule has 0 saturated heterocycles. The minimum atomic E-state index is -0.114. The summed E-state index contributed by atoms with van der Waals surface area (Å²) < 4.78 is 6.22. The molecule has 0 radical (unpaired) electrons. The lowest BCUT2D eigenvalue weighted by Crippen LogP contribution is -2.13. The number of rotatable bonds is 9. The first-order valence-electron chi connectivity index (χ1n) is 14.3. The summed E-state index contributed by atoms with van der Waals surface area (Å²) in [4.78, 5) is 14.3. The Hall–Kier alpha value is -4.71. The SMILES string of the molecule is CCCCC(CC)COc1nc(-c2ccc(O)cc2O)nc(-c2cc3c4ccccc4ccc3c3ccccc23)n1. The second-order valence-electron chi connectivity index (χ2n) is 10.5. The van der Waals surface area contributed by atoms with Crippen molar-refractivity contribution in [3.8, 4) is 40.3 Å². The summed E-state index contributed by atoms with van der Waals surface area (Å²) in [5, 5.41) is 27.3. The van der Waals surface area contributed by atoms with E-state index in [9.17, 15) is 10.2 Å². The third-order valence-corrected chi connectivity index (χ3v) is 7.84. The third-order valence-electron chi connectivity index (χ3n) is 7.84. The van der Waals surface area contributed by atoms with Crippen molar-refractivity contribution in [3.05, 3.63) is 84.9 Å². The van der Waals surface area contributed by atoms with Gasteiger partial charge < -0.3 is 14.9 Å². The minimum absolute atomic E-state index is 0.0360. The first-order chi connectivity index (χ1) is 20.1. The molecular formula is C35H33N3O3. The fourth-order valence-electron chi connectivity index (χ4n) is 5.51. The quantitative estimate of drug-likeness (QED) is 0.177. The number of phenols is 2. The molecule has 6 nitrogen and oxygen atoms in total. The molecule has 0 fully saturated rings. The predicted molar refractivity (Wildman–Crippen MR) is 165 cm³/mol. The Labute approximate surface area is 239 Å². The highest BCUT2D eigenvalue weighted by Gasteiger charge is 2.19. The molecule has 0 saturated carbocycles. The van der Waals surface area contributed by atoms with Crippen molar-refractivity contribution in [1.29, 1.82) is 0 Å². The van der Waals surface area contributed by atoms with Crippen molar-refractivity contribution < 1.29 is 14.9 Å². The number of benzene rings is 5. The topological polar surface area (TPSA) is 88.4 Å². The molecule has 1 aromatic heterocycles. The molecule has 0 aliphatic heterocycles. The van der Waals surface area contributed by atoms with Gasteiger partial charge in [0.2, 0.25) is 0 Å². The molecule has 0 aliphatic carbocycles. The number of unbranched alkanes of at least 4 members (excludes halogenated alkanes) is 1. The van der Waals surface area contributed by atoms with E-state index in [1.807, 2.05) is 18.2 Å². The van der Waals surface area contributed by atoms with Gasteiger partial charge in [0.1, 0.15) is 11.5 Å². The zero-order valence-corrected chi connectivity index (χ0v) is 23.3. The Morgan fingerprint density at radius 3 is 2.15 bits per heavy atom. The van der Waals surface area contributed by atoms with Gasteiger partial charge in [-0.15, -0.1) is 0 Å².